The molecule has 230 valence electrons. The lowest BCUT2D eigenvalue weighted by Crippen LogP contribution is -2.49. The van der Waals surface area contributed by atoms with Crippen LogP contribution in [0.3, 0.4) is 0 Å². The Morgan fingerprint density at radius 1 is 1.21 bits per heavy atom. The second-order valence-electron chi connectivity index (χ2n) is 11.8. The highest BCUT2D eigenvalue weighted by molar-refractivity contribution is 8.77. The molecular formula is C33H42N4O4S2. The number of hydrogen-bond acceptors (Lipinski definition) is 9. The number of nitrogens with two attached hydrogens (primary N) is 1. The molecule has 43 heavy (non-hydrogen) atoms. The van der Waals surface area contributed by atoms with Gasteiger partial charge in [-0.2, -0.15) is 0 Å². The molecular weight excluding hydrogens is 581 g/mol. The molecule has 3 atom stereocenters. The first-order valence-corrected chi connectivity index (χ1v) is 17.5. The quantitative estimate of drug-likeness (QED) is 0.282. The summed E-state index contributed by atoms with van der Waals surface area (Å²) < 4.78 is 7.66. The Hall–Kier alpha value is -2.95. The molecule has 3 aliphatic rings. The average molecular weight is 623 g/mol. The van der Waals surface area contributed by atoms with Crippen LogP contribution in [0.1, 0.15) is 69.4 Å². The highest BCUT2D eigenvalue weighted by Crippen LogP contribution is 2.51. The van der Waals surface area contributed by atoms with Crippen LogP contribution in [0.4, 0.5) is 0 Å². The van der Waals surface area contributed by atoms with Gasteiger partial charge in [0.15, 0.2) is 17.3 Å². The lowest BCUT2D eigenvalue weighted by atomic mass is 9.84. The molecule has 2 aliphatic heterocycles. The zero-order valence-corrected chi connectivity index (χ0v) is 26.6. The molecule has 1 aromatic heterocycles. The monoisotopic (exact) mass is 622 g/mol. The topological polar surface area (TPSA) is 119 Å². The average Bonchev–Trinajstić information content (AvgIpc) is 3.71. The zero-order valence-electron chi connectivity index (χ0n) is 25.0. The number of rotatable bonds is 4. The van der Waals surface area contributed by atoms with Crippen molar-refractivity contribution in [1.29, 1.82) is 0 Å². The number of benzene rings is 1. The largest absolute Gasteiger partial charge is 0.504 e. The number of Topliss-reactive ketones (excluding diaryl/α,β-unsaturated/α-hetero) is 1. The Morgan fingerprint density at radius 3 is 2.74 bits per heavy atom. The van der Waals surface area contributed by atoms with Crippen LogP contribution >= 0.6 is 21.6 Å². The van der Waals surface area contributed by atoms with Crippen molar-refractivity contribution in [2.45, 2.75) is 81.7 Å². The summed E-state index contributed by atoms with van der Waals surface area (Å²) in [6, 6.07) is 3.42. The number of aromatic hydroxyl groups is 1. The van der Waals surface area contributed by atoms with Gasteiger partial charge in [-0.1, -0.05) is 59.9 Å². The molecule has 5 rings (SSSR count). The summed E-state index contributed by atoms with van der Waals surface area (Å²) in [5, 5.41) is 14.2. The van der Waals surface area contributed by atoms with E-state index in [1.807, 2.05) is 40.3 Å². The summed E-state index contributed by atoms with van der Waals surface area (Å²) in [7, 11) is 5.25. The molecule has 8 nitrogen and oxygen atoms in total. The highest BCUT2D eigenvalue weighted by Gasteiger charge is 2.46. The van der Waals surface area contributed by atoms with Crippen molar-refractivity contribution in [3.05, 3.63) is 71.5 Å². The van der Waals surface area contributed by atoms with Gasteiger partial charge in [0, 0.05) is 30.8 Å². The number of nitrogens with one attached hydrogen (secondary N) is 1. The first kappa shape index (κ1) is 31.5. The summed E-state index contributed by atoms with van der Waals surface area (Å²) in [4.78, 5) is 29.9. The molecule has 4 N–H and O–H groups in total. The van der Waals surface area contributed by atoms with Crippen LogP contribution in [0.25, 0.3) is 6.08 Å². The van der Waals surface area contributed by atoms with Crippen molar-refractivity contribution in [3.8, 4) is 11.5 Å². The van der Waals surface area contributed by atoms with Crippen LogP contribution in [0.5, 0.6) is 11.5 Å². The number of phenols is 1. The standard InChI is InChI=1S/C33H42N4O4S2/c1-3-22-6-8-26(38)18-27(39)9-7-24-17-30(41-2)29(40)16-25(24)14-23-15-28(32(34)36-19-23)31(43-42-20-22)33(10-4-5-11-33)37-13-12-35-21-37/h7,9,12-13,15-17,19,21-22,31-32,36,40H,3-6,8,10-11,14,18,20,34H2,1-2H3. The van der Waals surface area contributed by atoms with Crippen molar-refractivity contribution in [3.63, 3.8) is 0 Å². The van der Waals surface area contributed by atoms with Crippen molar-refractivity contribution in [2.24, 2.45) is 11.7 Å². The molecule has 0 amide bonds. The minimum absolute atomic E-state index is 0.0276. The van der Waals surface area contributed by atoms with Gasteiger partial charge in [-0.15, -0.1) is 0 Å². The number of imidazole rings is 1. The number of hydrogen-bond donors (Lipinski definition) is 3. The number of aromatic nitrogens is 2. The molecule has 10 heteroatoms. The summed E-state index contributed by atoms with van der Waals surface area (Å²) in [5.41, 5.74) is 10.4. The molecule has 0 spiro atoms. The summed E-state index contributed by atoms with van der Waals surface area (Å²) in [6.45, 7) is 2.17. The summed E-state index contributed by atoms with van der Waals surface area (Å²) >= 11 is 0. The second-order valence-corrected chi connectivity index (χ2v) is 14.3. The number of phenolic OH excluding ortho intramolecular Hbond substituents is 1. The number of methoxy groups -OCH3 is 1. The molecule has 2 aromatic rings. The number of nitrogens with zero attached hydrogens (tertiary/aromatic N) is 2. The molecule has 0 saturated heterocycles. The Bertz CT molecular complexity index is 1400. The van der Waals surface area contributed by atoms with Crippen LogP contribution in [-0.2, 0) is 21.5 Å². The van der Waals surface area contributed by atoms with Crippen molar-refractivity contribution >= 4 is 39.2 Å². The number of carbonyl (C=O) groups excluding carboxylic acids is 2. The Balaban J connectivity index is 1.57. The SMILES string of the molecule is CCC1CCC(=O)CC(=O)C=Cc2cc(OC)c(O)cc2CC2=CNC(N)C(=C2)C(C2(n3ccnc3)CCCC2)SSC1. The van der Waals surface area contributed by atoms with Gasteiger partial charge in [-0.25, -0.2) is 4.98 Å². The van der Waals surface area contributed by atoms with E-state index in [1.54, 1.807) is 18.2 Å². The lowest BCUT2D eigenvalue weighted by Gasteiger charge is -2.42. The van der Waals surface area contributed by atoms with E-state index < -0.39 is 0 Å². The number of ether oxygens (including phenoxy) is 1. The van der Waals surface area contributed by atoms with Gasteiger partial charge >= 0.3 is 0 Å². The number of carbonyl (C=O) groups is 2. The maximum Gasteiger partial charge on any atom is 0.163 e. The van der Waals surface area contributed by atoms with E-state index in [0.717, 1.165) is 66.6 Å². The Morgan fingerprint density at radius 2 is 2.02 bits per heavy atom. The minimum Gasteiger partial charge on any atom is -0.504 e. The van der Waals surface area contributed by atoms with E-state index in [-0.39, 0.29) is 40.7 Å². The first-order valence-electron chi connectivity index (χ1n) is 15.1. The molecule has 1 fully saturated rings. The van der Waals surface area contributed by atoms with Crippen molar-refractivity contribution < 1.29 is 19.4 Å². The fourth-order valence-corrected chi connectivity index (χ4v) is 10.2. The third-order valence-electron chi connectivity index (χ3n) is 8.97. The number of dihydropyridines is 1. The summed E-state index contributed by atoms with van der Waals surface area (Å²) in [6.07, 6.45) is 19.9. The first-order chi connectivity index (χ1) is 20.8. The van der Waals surface area contributed by atoms with Gasteiger partial charge < -0.3 is 25.5 Å². The van der Waals surface area contributed by atoms with E-state index in [0.29, 0.717) is 24.5 Å². The molecule has 3 unspecified atom stereocenters. The predicted octanol–water partition coefficient (Wildman–Crippen LogP) is 5.92. The molecule has 1 saturated carbocycles. The fraction of sp³-hybridized carbons (Fsp3) is 0.485. The van der Waals surface area contributed by atoms with E-state index >= 15 is 0 Å². The Labute approximate surface area is 262 Å². The molecule has 2 bridgehead atoms. The third kappa shape index (κ3) is 7.24. The van der Waals surface area contributed by atoms with Gasteiger partial charge in [0.05, 0.1) is 36.8 Å². The third-order valence-corrected chi connectivity index (χ3v) is 12.0. The molecule has 1 aliphatic carbocycles. The van der Waals surface area contributed by atoms with Crippen LogP contribution in [0, 0.1) is 5.92 Å². The van der Waals surface area contributed by atoms with E-state index in [9.17, 15) is 14.7 Å². The minimum atomic E-state index is -0.339. The van der Waals surface area contributed by atoms with Gasteiger partial charge in [0.1, 0.15) is 5.78 Å². The zero-order chi connectivity index (χ0) is 30.4. The lowest BCUT2D eigenvalue weighted by molar-refractivity contribution is -0.124. The number of allylic oxidation sites excluding steroid dienone is 3. The fourth-order valence-electron chi connectivity index (χ4n) is 6.42. The maximum atomic E-state index is 12.7. The molecule has 1 aromatic carbocycles. The van der Waals surface area contributed by atoms with Crippen molar-refractivity contribution in [2.75, 3.05) is 12.9 Å². The predicted molar refractivity (Wildman–Crippen MR) is 175 cm³/mol. The van der Waals surface area contributed by atoms with Crippen LogP contribution < -0.4 is 15.8 Å². The van der Waals surface area contributed by atoms with Crippen molar-refractivity contribution in [1.82, 2.24) is 14.9 Å². The smallest absolute Gasteiger partial charge is 0.163 e. The van der Waals surface area contributed by atoms with Crippen LogP contribution in [0.15, 0.2) is 60.4 Å². The van der Waals surface area contributed by atoms with Gasteiger partial charge in [-0.3, -0.25) is 9.59 Å². The number of fused-ring (bicyclic) bond motifs is 2. The summed E-state index contributed by atoms with van der Waals surface area (Å²) in [5.74, 6) is 1.41. The Kier molecular flexibility index (Phi) is 10.4. The maximum absolute atomic E-state index is 12.7. The number of ketones is 2. The van der Waals surface area contributed by atoms with Crippen LogP contribution in [-0.4, -0.2) is 50.5 Å². The van der Waals surface area contributed by atoms with Crippen LogP contribution in [0.2, 0.25) is 0 Å². The van der Waals surface area contributed by atoms with Gasteiger partial charge in [0.25, 0.3) is 0 Å². The van der Waals surface area contributed by atoms with Gasteiger partial charge in [-0.05, 0) is 72.1 Å². The molecule has 0 radical (unpaired) electrons. The van der Waals surface area contributed by atoms with E-state index in [4.69, 9.17) is 10.5 Å². The second kappa shape index (κ2) is 14.2. The normalized spacial score (nSPS) is 25.1. The van der Waals surface area contributed by atoms with E-state index in [2.05, 4.69) is 34.1 Å². The molecule has 3 heterocycles. The highest BCUT2D eigenvalue weighted by atomic mass is 33.1. The van der Waals surface area contributed by atoms with E-state index in [1.165, 1.54) is 13.2 Å². The van der Waals surface area contributed by atoms with Gasteiger partial charge in [0.2, 0.25) is 0 Å².